The second-order valence-corrected chi connectivity index (χ2v) is 6.62. The number of piperazine rings is 1. The molecule has 4 rings (SSSR count). The predicted molar refractivity (Wildman–Crippen MR) is 108 cm³/mol. The van der Waals surface area contributed by atoms with Crippen LogP contribution < -0.4 is 4.90 Å². The molecule has 0 radical (unpaired) electrons. The van der Waals surface area contributed by atoms with Gasteiger partial charge in [-0.05, 0) is 23.8 Å². The van der Waals surface area contributed by atoms with E-state index in [4.69, 9.17) is 9.90 Å². The molecule has 0 unspecified atom stereocenters. The van der Waals surface area contributed by atoms with Crippen LogP contribution >= 0.6 is 0 Å². The summed E-state index contributed by atoms with van der Waals surface area (Å²) >= 11 is 0. The third-order valence-corrected chi connectivity index (χ3v) is 4.92. The summed E-state index contributed by atoms with van der Waals surface area (Å²) in [7, 11) is 0. The molecule has 1 aliphatic rings. The van der Waals surface area contributed by atoms with E-state index in [1.54, 1.807) is 0 Å². The molecule has 8 nitrogen and oxygen atoms in total. The first-order chi connectivity index (χ1) is 14.0. The van der Waals surface area contributed by atoms with Crippen LogP contribution in [-0.2, 0) is 11.3 Å². The highest BCUT2D eigenvalue weighted by atomic mass is 19.1. The highest BCUT2D eigenvalue weighted by molar-refractivity contribution is 5.83. The number of halogens is 1. The molecule has 1 aliphatic heterocycles. The minimum atomic E-state index is -0.585. The van der Waals surface area contributed by atoms with Crippen molar-refractivity contribution in [3.8, 4) is 0 Å². The van der Waals surface area contributed by atoms with Gasteiger partial charge in [-0.1, -0.05) is 18.2 Å². The van der Waals surface area contributed by atoms with E-state index in [1.165, 1.54) is 23.1 Å². The predicted octanol–water partition coefficient (Wildman–Crippen LogP) is 3.24. The number of fused-ring (bicyclic) bond motifs is 1. The molecule has 2 aromatic carbocycles. The third-order valence-electron chi connectivity index (χ3n) is 4.92. The van der Waals surface area contributed by atoms with Crippen molar-refractivity contribution in [2.75, 3.05) is 31.1 Å². The zero-order valence-corrected chi connectivity index (χ0v) is 15.6. The van der Waals surface area contributed by atoms with Crippen LogP contribution in [0, 0.1) is 15.9 Å². The number of para-hydroxylation sites is 1. The molecule has 3 aromatic rings. The molecule has 152 valence electrons. The SMILES string of the molecule is O=CO.O=[N+]([O-])c1cc(F)ccc1N1CCN(Cc2c[nH]c3ccccc23)CC1. The van der Waals surface area contributed by atoms with Crippen LogP contribution in [0.3, 0.4) is 0 Å². The first-order valence-corrected chi connectivity index (χ1v) is 9.07. The van der Waals surface area contributed by atoms with Gasteiger partial charge >= 0.3 is 0 Å². The van der Waals surface area contributed by atoms with E-state index in [1.807, 2.05) is 23.2 Å². The quantitative estimate of drug-likeness (QED) is 0.396. The number of rotatable bonds is 4. The summed E-state index contributed by atoms with van der Waals surface area (Å²) in [5.74, 6) is -0.585. The van der Waals surface area contributed by atoms with Gasteiger partial charge in [-0.2, -0.15) is 0 Å². The lowest BCUT2D eigenvalue weighted by molar-refractivity contribution is -0.384. The summed E-state index contributed by atoms with van der Waals surface area (Å²) in [6.07, 6.45) is 2.04. The van der Waals surface area contributed by atoms with Crippen molar-refractivity contribution in [3.05, 3.63) is 70.2 Å². The van der Waals surface area contributed by atoms with Crippen LogP contribution in [0.5, 0.6) is 0 Å². The molecule has 1 fully saturated rings. The van der Waals surface area contributed by atoms with E-state index in [0.717, 1.165) is 31.2 Å². The first-order valence-electron chi connectivity index (χ1n) is 9.07. The minimum Gasteiger partial charge on any atom is -0.483 e. The molecule has 2 N–H and O–H groups in total. The van der Waals surface area contributed by atoms with Crippen LogP contribution in [0.25, 0.3) is 10.9 Å². The maximum Gasteiger partial charge on any atom is 0.295 e. The lowest BCUT2D eigenvalue weighted by Crippen LogP contribution is -2.46. The maximum absolute atomic E-state index is 13.3. The van der Waals surface area contributed by atoms with Gasteiger partial charge in [-0.15, -0.1) is 0 Å². The van der Waals surface area contributed by atoms with Gasteiger partial charge in [0.2, 0.25) is 0 Å². The molecule has 2 heterocycles. The standard InChI is InChI=1S/C19H19FN4O2.CH2O2/c20-15-5-6-18(19(11-15)24(25)26)23-9-7-22(8-10-23)13-14-12-21-17-4-2-1-3-16(14)17;2-1-3/h1-6,11-12,21H,7-10,13H2;1H,(H,2,3). The van der Waals surface area contributed by atoms with Gasteiger partial charge in [0.05, 0.1) is 11.0 Å². The number of nitrogens with zero attached hydrogens (tertiary/aromatic N) is 3. The van der Waals surface area contributed by atoms with Crippen molar-refractivity contribution in [3.63, 3.8) is 0 Å². The molecule has 0 saturated carbocycles. The number of hydrogen-bond donors (Lipinski definition) is 2. The minimum absolute atomic E-state index is 0.171. The van der Waals surface area contributed by atoms with Crippen LogP contribution in [0.15, 0.2) is 48.7 Å². The number of benzene rings is 2. The Labute approximate surface area is 166 Å². The molecule has 1 saturated heterocycles. The molecule has 0 bridgehead atoms. The zero-order valence-electron chi connectivity index (χ0n) is 15.6. The van der Waals surface area contributed by atoms with Crippen LogP contribution in [0.2, 0.25) is 0 Å². The molecule has 0 aliphatic carbocycles. The highest BCUT2D eigenvalue weighted by Crippen LogP contribution is 2.30. The number of aromatic amines is 1. The number of H-pyrrole nitrogens is 1. The van der Waals surface area contributed by atoms with Gasteiger partial charge in [-0.25, -0.2) is 4.39 Å². The summed E-state index contributed by atoms with van der Waals surface area (Å²) in [5.41, 5.74) is 2.70. The topological polar surface area (TPSA) is 103 Å². The Morgan fingerprint density at radius 2 is 1.86 bits per heavy atom. The Bertz CT molecular complexity index is 999. The van der Waals surface area contributed by atoms with Crippen molar-refractivity contribution in [1.82, 2.24) is 9.88 Å². The van der Waals surface area contributed by atoms with E-state index >= 15 is 0 Å². The van der Waals surface area contributed by atoms with E-state index < -0.39 is 10.7 Å². The fourth-order valence-corrected chi connectivity index (χ4v) is 3.56. The molecular formula is C20H21FN4O4. The van der Waals surface area contributed by atoms with Crippen molar-refractivity contribution in [1.29, 1.82) is 0 Å². The molecular weight excluding hydrogens is 379 g/mol. The first kappa shape index (κ1) is 20.3. The van der Waals surface area contributed by atoms with Crippen LogP contribution in [-0.4, -0.2) is 52.6 Å². The average Bonchev–Trinajstić information content (AvgIpc) is 3.12. The average molecular weight is 400 g/mol. The largest absolute Gasteiger partial charge is 0.483 e. The Hall–Kier alpha value is -3.46. The highest BCUT2D eigenvalue weighted by Gasteiger charge is 2.24. The Morgan fingerprint density at radius 3 is 2.55 bits per heavy atom. The van der Waals surface area contributed by atoms with Crippen molar-refractivity contribution in [2.45, 2.75) is 6.54 Å². The van der Waals surface area contributed by atoms with E-state index in [-0.39, 0.29) is 12.2 Å². The number of hydrogen-bond acceptors (Lipinski definition) is 5. The number of aromatic nitrogens is 1. The second kappa shape index (κ2) is 9.16. The molecule has 0 amide bonds. The monoisotopic (exact) mass is 400 g/mol. The van der Waals surface area contributed by atoms with Gasteiger partial charge < -0.3 is 15.0 Å². The summed E-state index contributed by atoms with van der Waals surface area (Å²) < 4.78 is 13.3. The molecule has 9 heteroatoms. The van der Waals surface area contributed by atoms with Gasteiger partial charge in [0.25, 0.3) is 12.2 Å². The van der Waals surface area contributed by atoms with Gasteiger partial charge in [0.15, 0.2) is 0 Å². The van der Waals surface area contributed by atoms with Crippen molar-refractivity contribution >= 4 is 28.7 Å². The lowest BCUT2D eigenvalue weighted by Gasteiger charge is -2.35. The molecule has 1 aromatic heterocycles. The third kappa shape index (κ3) is 4.69. The van der Waals surface area contributed by atoms with Crippen molar-refractivity contribution in [2.24, 2.45) is 0 Å². The smallest absolute Gasteiger partial charge is 0.295 e. The Kier molecular flexibility index (Phi) is 6.40. The number of nitro benzene ring substituents is 1. The van der Waals surface area contributed by atoms with Crippen LogP contribution in [0.4, 0.5) is 15.8 Å². The fourth-order valence-electron chi connectivity index (χ4n) is 3.56. The number of anilines is 1. The van der Waals surface area contributed by atoms with Crippen molar-refractivity contribution < 1.29 is 19.2 Å². The molecule has 29 heavy (non-hydrogen) atoms. The van der Waals surface area contributed by atoms with Gasteiger partial charge in [-0.3, -0.25) is 19.8 Å². The van der Waals surface area contributed by atoms with Gasteiger partial charge in [0.1, 0.15) is 11.5 Å². The molecule has 0 spiro atoms. The van der Waals surface area contributed by atoms with E-state index in [9.17, 15) is 14.5 Å². The summed E-state index contributed by atoms with van der Waals surface area (Å²) in [4.78, 5) is 26.6. The summed E-state index contributed by atoms with van der Waals surface area (Å²) in [6, 6.07) is 12.0. The number of carbonyl (C=O) groups is 1. The fraction of sp³-hybridized carbons (Fsp3) is 0.250. The zero-order chi connectivity index (χ0) is 20.8. The maximum atomic E-state index is 13.3. The number of nitro groups is 1. The summed E-state index contributed by atoms with van der Waals surface area (Å²) in [5, 5.41) is 19.3. The number of nitrogens with one attached hydrogen (secondary N) is 1. The number of carboxylic acid groups (broad SMARTS) is 1. The van der Waals surface area contributed by atoms with E-state index in [2.05, 4.69) is 22.0 Å². The molecule has 0 atom stereocenters. The Balaban J connectivity index is 0.000000755. The normalized spacial score (nSPS) is 14.3. The van der Waals surface area contributed by atoms with Gasteiger partial charge in [0, 0.05) is 49.8 Å². The van der Waals surface area contributed by atoms with E-state index in [0.29, 0.717) is 18.8 Å². The van der Waals surface area contributed by atoms with Crippen LogP contribution in [0.1, 0.15) is 5.56 Å². The summed E-state index contributed by atoms with van der Waals surface area (Å²) in [6.45, 7) is 3.54. The second-order valence-electron chi connectivity index (χ2n) is 6.62. The Morgan fingerprint density at radius 1 is 1.17 bits per heavy atom. The lowest BCUT2D eigenvalue weighted by atomic mass is 10.1.